The monoisotopic (exact) mass is 354 g/mol. The fourth-order valence-corrected chi connectivity index (χ4v) is 3.34. The summed E-state index contributed by atoms with van der Waals surface area (Å²) in [7, 11) is 0. The maximum Gasteiger partial charge on any atom is 0.265 e. The minimum atomic E-state index is -0.708. The summed E-state index contributed by atoms with van der Waals surface area (Å²) in [5.74, 6) is 1.01. The third-order valence-electron chi connectivity index (χ3n) is 4.57. The van der Waals surface area contributed by atoms with Gasteiger partial charge in [0, 0.05) is 17.2 Å². The first kappa shape index (κ1) is 16.1. The van der Waals surface area contributed by atoms with Gasteiger partial charge in [0.25, 0.3) is 5.91 Å². The molecule has 6 nitrogen and oxygen atoms in total. The number of aromatic nitrogens is 1. The molecular weight excluding hydrogens is 339 g/mol. The quantitative estimate of drug-likeness (QED) is 0.812. The van der Waals surface area contributed by atoms with Crippen LogP contribution in [0.1, 0.15) is 17.5 Å². The highest BCUT2D eigenvalue weighted by atomic mass is 19.1. The van der Waals surface area contributed by atoms with Crippen molar-refractivity contribution in [3.05, 3.63) is 35.2 Å². The Morgan fingerprint density at radius 1 is 1.27 bits per heavy atom. The van der Waals surface area contributed by atoms with Crippen LogP contribution in [0.2, 0.25) is 0 Å². The maximum atomic E-state index is 14.7. The first-order valence-corrected chi connectivity index (χ1v) is 8.05. The smallest absolute Gasteiger partial charge is 0.265 e. The molecule has 1 aromatic carbocycles. The molecule has 0 atom stereocenters. The average Bonchev–Trinajstić information content (AvgIpc) is 2.89. The zero-order valence-corrected chi connectivity index (χ0v) is 13.7. The van der Waals surface area contributed by atoms with Crippen LogP contribution in [0.4, 0.5) is 10.1 Å². The molecule has 1 aliphatic carbocycles. The molecule has 2 N–H and O–H groups in total. The molecule has 0 saturated heterocycles. The summed E-state index contributed by atoms with van der Waals surface area (Å²) >= 11 is 0. The molecule has 0 unspecified atom stereocenters. The average molecular weight is 354 g/mol. The summed E-state index contributed by atoms with van der Waals surface area (Å²) < 4.78 is 21.0. The van der Waals surface area contributed by atoms with Crippen molar-refractivity contribution in [2.24, 2.45) is 0 Å². The third-order valence-corrected chi connectivity index (χ3v) is 4.57. The van der Waals surface area contributed by atoms with Crippen molar-refractivity contribution in [3.8, 4) is 35.5 Å². The van der Waals surface area contributed by atoms with Crippen LogP contribution in [0.5, 0.6) is 17.5 Å². The highest BCUT2D eigenvalue weighted by Crippen LogP contribution is 2.43. The van der Waals surface area contributed by atoms with Crippen molar-refractivity contribution in [1.82, 2.24) is 4.57 Å². The van der Waals surface area contributed by atoms with Crippen molar-refractivity contribution >= 4 is 17.7 Å². The fourth-order valence-electron chi connectivity index (χ4n) is 3.34. The molecule has 1 aromatic heterocycles. The van der Waals surface area contributed by atoms with E-state index < -0.39 is 5.82 Å². The maximum absolute atomic E-state index is 14.7. The van der Waals surface area contributed by atoms with Gasteiger partial charge in [0.2, 0.25) is 11.8 Å². The standard InChI is InChI=1S/C19H15FN2O4/c1-2-7-21-15-9-14(13(20)8-16(15)26-10-17(21)23)22-18(24)11-5-3-4-6-12(11)19(22)25/h1,3,5,8-9,24-25H,4,6-7,10H2. The number of rotatable bonds is 2. The van der Waals surface area contributed by atoms with E-state index in [-0.39, 0.29) is 47.9 Å². The van der Waals surface area contributed by atoms with E-state index in [0.717, 1.165) is 17.1 Å². The Labute approximate surface area is 148 Å². The molecular formula is C19H15FN2O4. The first-order valence-electron chi connectivity index (χ1n) is 8.05. The number of hydrogen-bond acceptors (Lipinski definition) is 4. The predicted molar refractivity (Wildman–Crippen MR) is 93.1 cm³/mol. The lowest BCUT2D eigenvalue weighted by molar-refractivity contribution is -0.121. The van der Waals surface area contributed by atoms with E-state index in [9.17, 15) is 19.4 Å². The van der Waals surface area contributed by atoms with Crippen LogP contribution in [0.25, 0.3) is 11.8 Å². The number of fused-ring (bicyclic) bond motifs is 2. The largest absolute Gasteiger partial charge is 0.494 e. The summed E-state index contributed by atoms with van der Waals surface area (Å²) in [6.45, 7) is -0.226. The molecule has 0 radical (unpaired) electrons. The van der Waals surface area contributed by atoms with E-state index in [1.54, 1.807) is 6.08 Å². The van der Waals surface area contributed by atoms with Crippen molar-refractivity contribution < 1.29 is 24.1 Å². The van der Waals surface area contributed by atoms with Crippen molar-refractivity contribution in [3.63, 3.8) is 0 Å². The molecule has 2 aliphatic rings. The number of carbonyl (C=O) groups excluding carboxylic acids is 1. The summed E-state index contributed by atoms with van der Waals surface area (Å²) in [5, 5.41) is 21.0. The van der Waals surface area contributed by atoms with Gasteiger partial charge in [0.1, 0.15) is 5.75 Å². The minimum Gasteiger partial charge on any atom is -0.494 e. The van der Waals surface area contributed by atoms with Gasteiger partial charge in [-0.15, -0.1) is 6.42 Å². The number of hydrogen-bond donors (Lipinski definition) is 2. The molecule has 1 amide bonds. The second kappa shape index (κ2) is 5.85. The Balaban J connectivity index is 1.92. The number of halogens is 1. The van der Waals surface area contributed by atoms with Crippen LogP contribution in [-0.2, 0) is 11.2 Å². The van der Waals surface area contributed by atoms with Gasteiger partial charge in [-0.3, -0.25) is 9.69 Å². The summed E-state index contributed by atoms with van der Waals surface area (Å²) in [6, 6.07) is 2.46. The van der Waals surface area contributed by atoms with Crippen molar-refractivity contribution in [1.29, 1.82) is 0 Å². The third kappa shape index (κ3) is 2.23. The number of aromatic hydroxyl groups is 2. The molecule has 26 heavy (non-hydrogen) atoms. The van der Waals surface area contributed by atoms with Crippen LogP contribution in [0.3, 0.4) is 0 Å². The molecule has 2 heterocycles. The molecule has 0 fully saturated rings. The van der Waals surface area contributed by atoms with Crippen LogP contribution >= 0.6 is 0 Å². The number of ether oxygens (including phenoxy) is 1. The van der Waals surface area contributed by atoms with Crippen LogP contribution in [0.15, 0.2) is 18.2 Å². The zero-order valence-electron chi connectivity index (χ0n) is 13.7. The molecule has 132 valence electrons. The Morgan fingerprint density at radius 2 is 2.08 bits per heavy atom. The number of benzene rings is 1. The topological polar surface area (TPSA) is 74.9 Å². The van der Waals surface area contributed by atoms with Gasteiger partial charge in [-0.25, -0.2) is 8.96 Å². The first-order chi connectivity index (χ1) is 12.5. The predicted octanol–water partition coefficient (Wildman–Crippen LogP) is 2.35. The van der Waals surface area contributed by atoms with Gasteiger partial charge in [-0.2, -0.15) is 0 Å². The van der Waals surface area contributed by atoms with E-state index in [1.807, 2.05) is 6.08 Å². The zero-order chi connectivity index (χ0) is 18.4. The Morgan fingerprint density at radius 3 is 2.81 bits per heavy atom. The summed E-state index contributed by atoms with van der Waals surface area (Å²) in [5.41, 5.74) is 1.20. The SMILES string of the molecule is C#CCN1C(=O)COc2cc(F)c(-n3c(O)c4c(c3O)CCC=C4)cc21. The summed E-state index contributed by atoms with van der Waals surface area (Å²) in [6.07, 6.45) is 10.1. The highest BCUT2D eigenvalue weighted by molar-refractivity contribution is 5.98. The lowest BCUT2D eigenvalue weighted by Crippen LogP contribution is -2.39. The Bertz CT molecular complexity index is 1000. The van der Waals surface area contributed by atoms with E-state index in [4.69, 9.17) is 11.2 Å². The lowest BCUT2D eigenvalue weighted by Gasteiger charge is -2.28. The van der Waals surface area contributed by atoms with Gasteiger partial charge in [-0.1, -0.05) is 18.1 Å². The second-order valence-electron chi connectivity index (χ2n) is 6.06. The Kier molecular flexibility index (Phi) is 3.62. The van der Waals surface area contributed by atoms with Gasteiger partial charge in [0.15, 0.2) is 12.4 Å². The van der Waals surface area contributed by atoms with Gasteiger partial charge < -0.3 is 14.9 Å². The molecule has 0 spiro atoms. The van der Waals surface area contributed by atoms with Gasteiger partial charge in [0.05, 0.1) is 17.9 Å². The number of anilines is 1. The van der Waals surface area contributed by atoms with Crippen molar-refractivity contribution in [2.45, 2.75) is 12.8 Å². The molecule has 4 rings (SSSR count). The van der Waals surface area contributed by atoms with E-state index in [0.29, 0.717) is 17.5 Å². The van der Waals surface area contributed by atoms with Crippen molar-refractivity contribution in [2.75, 3.05) is 18.1 Å². The second-order valence-corrected chi connectivity index (χ2v) is 6.06. The Hall–Kier alpha value is -3.40. The van der Waals surface area contributed by atoms with E-state index in [2.05, 4.69) is 5.92 Å². The van der Waals surface area contributed by atoms with Gasteiger partial charge >= 0.3 is 0 Å². The summed E-state index contributed by atoms with van der Waals surface area (Å²) in [4.78, 5) is 13.4. The fraction of sp³-hybridized carbons (Fsp3) is 0.211. The highest BCUT2D eigenvalue weighted by Gasteiger charge is 2.30. The molecule has 1 aliphatic heterocycles. The normalized spacial score (nSPS) is 15.2. The molecule has 0 saturated carbocycles. The molecule has 7 heteroatoms. The number of carbonyl (C=O) groups is 1. The van der Waals surface area contributed by atoms with Crippen LogP contribution in [0, 0.1) is 18.2 Å². The number of terminal acetylenes is 1. The minimum absolute atomic E-state index is 0.00312. The molecule has 2 aromatic rings. The van der Waals surface area contributed by atoms with Gasteiger partial charge in [-0.05, 0) is 18.9 Å². The van der Waals surface area contributed by atoms with E-state index >= 15 is 0 Å². The van der Waals surface area contributed by atoms with Crippen LogP contribution < -0.4 is 9.64 Å². The number of allylic oxidation sites excluding steroid dienone is 1. The lowest BCUT2D eigenvalue weighted by atomic mass is 10.0. The molecule has 0 bridgehead atoms. The number of nitrogens with zero attached hydrogens (tertiary/aromatic N) is 2. The number of amides is 1. The van der Waals surface area contributed by atoms with Crippen LogP contribution in [-0.4, -0.2) is 33.8 Å². The van der Waals surface area contributed by atoms with E-state index in [1.165, 1.54) is 11.0 Å².